The monoisotopic (exact) mass is 285 g/mol. The first-order chi connectivity index (χ1) is 8.51. The summed E-state index contributed by atoms with van der Waals surface area (Å²) in [6.45, 7) is 6.60. The van der Waals surface area contributed by atoms with Crippen LogP contribution in [0.25, 0.3) is 0 Å². The third-order valence-electron chi connectivity index (χ3n) is 2.08. The van der Waals surface area contributed by atoms with E-state index < -0.39 is 15.6 Å². The number of nitrogens with two attached hydrogens (primary N) is 1. The molecule has 7 heteroatoms. The largest absolute Gasteiger partial charge is 0.397 e. The zero-order valence-electron chi connectivity index (χ0n) is 11.4. The summed E-state index contributed by atoms with van der Waals surface area (Å²) in [6.07, 6.45) is 0. The topological polar surface area (TPSA) is 101 Å². The van der Waals surface area contributed by atoms with Crippen molar-refractivity contribution < 1.29 is 13.2 Å². The number of hydrogen-bond donors (Lipinski definition) is 3. The van der Waals surface area contributed by atoms with Gasteiger partial charge in [0.25, 0.3) is 0 Å². The molecule has 0 radical (unpaired) electrons. The summed E-state index contributed by atoms with van der Waals surface area (Å²) < 4.78 is 26.7. The maximum Gasteiger partial charge on any atom is 0.241 e. The van der Waals surface area contributed by atoms with Gasteiger partial charge in [0.05, 0.1) is 16.3 Å². The summed E-state index contributed by atoms with van der Waals surface area (Å²) in [4.78, 5) is 11.0. The van der Waals surface area contributed by atoms with Crippen LogP contribution < -0.4 is 15.8 Å². The van der Waals surface area contributed by atoms with Crippen molar-refractivity contribution in [1.82, 2.24) is 4.72 Å². The predicted octanol–water partition coefficient (Wildman–Crippen LogP) is 1.30. The van der Waals surface area contributed by atoms with Gasteiger partial charge >= 0.3 is 0 Å². The number of benzene rings is 1. The Morgan fingerprint density at radius 2 is 1.84 bits per heavy atom. The fourth-order valence-electron chi connectivity index (χ4n) is 1.47. The van der Waals surface area contributed by atoms with Crippen LogP contribution >= 0.6 is 0 Å². The van der Waals surface area contributed by atoms with Gasteiger partial charge in [-0.1, -0.05) is 0 Å². The highest BCUT2D eigenvalue weighted by molar-refractivity contribution is 7.89. The van der Waals surface area contributed by atoms with Crippen LogP contribution in [0.1, 0.15) is 27.7 Å². The van der Waals surface area contributed by atoms with E-state index in [-0.39, 0.29) is 16.5 Å². The van der Waals surface area contributed by atoms with Crippen molar-refractivity contribution in [1.29, 1.82) is 0 Å². The molecular weight excluding hydrogens is 266 g/mol. The fourth-order valence-corrected chi connectivity index (χ4v) is 2.93. The van der Waals surface area contributed by atoms with E-state index in [9.17, 15) is 13.2 Å². The van der Waals surface area contributed by atoms with Crippen LogP contribution in [0.4, 0.5) is 11.4 Å². The first-order valence-corrected chi connectivity index (χ1v) is 7.21. The molecule has 1 aromatic rings. The number of carbonyl (C=O) groups is 1. The van der Waals surface area contributed by atoms with Gasteiger partial charge in [-0.2, -0.15) is 0 Å². The molecule has 0 aromatic heterocycles. The van der Waals surface area contributed by atoms with Gasteiger partial charge < -0.3 is 11.1 Å². The quantitative estimate of drug-likeness (QED) is 0.729. The van der Waals surface area contributed by atoms with Crippen molar-refractivity contribution in [2.75, 3.05) is 11.1 Å². The molecule has 0 saturated carbocycles. The number of nitrogen functional groups attached to an aromatic ring is 1. The van der Waals surface area contributed by atoms with Gasteiger partial charge in [0, 0.05) is 12.5 Å². The maximum atomic E-state index is 12.1. The first-order valence-electron chi connectivity index (χ1n) is 5.72. The second-order valence-corrected chi connectivity index (χ2v) is 6.97. The summed E-state index contributed by atoms with van der Waals surface area (Å²) in [5, 5.41) is 2.52. The molecule has 106 valence electrons. The second-order valence-electron chi connectivity index (χ2n) is 5.29. The Bertz CT molecular complexity index is 589. The lowest BCUT2D eigenvalue weighted by Gasteiger charge is -2.20. The third-order valence-corrected chi connectivity index (χ3v) is 3.84. The van der Waals surface area contributed by atoms with Crippen molar-refractivity contribution in [3.63, 3.8) is 0 Å². The maximum absolute atomic E-state index is 12.1. The molecular formula is C12H19N3O3S. The van der Waals surface area contributed by atoms with Crippen LogP contribution in [0, 0.1) is 0 Å². The lowest BCUT2D eigenvalue weighted by molar-refractivity contribution is -0.114. The minimum absolute atomic E-state index is 0.0639. The first kappa shape index (κ1) is 15.5. The van der Waals surface area contributed by atoms with Crippen LogP contribution in [0.15, 0.2) is 23.1 Å². The molecule has 1 aromatic carbocycles. The second kappa shape index (κ2) is 5.18. The Hall–Kier alpha value is -1.60. The molecule has 19 heavy (non-hydrogen) atoms. The number of hydrogen-bond acceptors (Lipinski definition) is 4. The summed E-state index contributed by atoms with van der Waals surface area (Å²) in [6, 6.07) is 4.18. The van der Waals surface area contributed by atoms with Crippen LogP contribution in [0.2, 0.25) is 0 Å². The molecule has 1 amide bonds. The molecule has 0 fully saturated rings. The van der Waals surface area contributed by atoms with Gasteiger partial charge in [-0.3, -0.25) is 4.79 Å². The zero-order chi connectivity index (χ0) is 14.8. The normalized spacial score (nSPS) is 12.2. The van der Waals surface area contributed by atoms with E-state index in [0.29, 0.717) is 5.69 Å². The summed E-state index contributed by atoms with van der Waals surface area (Å²) in [7, 11) is -3.63. The van der Waals surface area contributed by atoms with Gasteiger partial charge in [-0.15, -0.1) is 0 Å². The number of rotatable bonds is 3. The minimum atomic E-state index is -3.63. The molecule has 0 spiro atoms. The van der Waals surface area contributed by atoms with Gasteiger partial charge in [0.1, 0.15) is 0 Å². The molecule has 0 aliphatic carbocycles. The Morgan fingerprint density at radius 1 is 1.26 bits per heavy atom. The third kappa shape index (κ3) is 4.53. The zero-order valence-corrected chi connectivity index (χ0v) is 12.3. The van der Waals surface area contributed by atoms with Crippen molar-refractivity contribution >= 4 is 27.3 Å². The van der Waals surface area contributed by atoms with Crippen LogP contribution in [0.3, 0.4) is 0 Å². The van der Waals surface area contributed by atoms with E-state index in [1.54, 1.807) is 20.8 Å². The highest BCUT2D eigenvalue weighted by atomic mass is 32.2. The number of nitrogens with one attached hydrogen (secondary N) is 2. The van der Waals surface area contributed by atoms with Crippen molar-refractivity contribution in [2.45, 2.75) is 38.1 Å². The summed E-state index contributed by atoms with van der Waals surface area (Å²) >= 11 is 0. The lowest BCUT2D eigenvalue weighted by atomic mass is 10.1. The minimum Gasteiger partial charge on any atom is -0.397 e. The Labute approximate surface area is 113 Å². The van der Waals surface area contributed by atoms with Crippen molar-refractivity contribution in [3.05, 3.63) is 18.2 Å². The van der Waals surface area contributed by atoms with Crippen LogP contribution in [-0.2, 0) is 14.8 Å². The van der Waals surface area contributed by atoms with Gasteiger partial charge in [-0.25, -0.2) is 13.1 Å². The number of amides is 1. The number of anilines is 2. The standard InChI is InChI=1S/C12H19N3O3S/c1-8(16)14-11-6-5-9(7-10(11)13)19(17,18)15-12(2,3)4/h5-7,15H,13H2,1-4H3,(H,14,16). The van der Waals surface area contributed by atoms with Gasteiger partial charge in [0.2, 0.25) is 15.9 Å². The average Bonchev–Trinajstić information content (AvgIpc) is 2.16. The molecule has 0 heterocycles. The number of sulfonamides is 1. The molecule has 0 saturated heterocycles. The lowest BCUT2D eigenvalue weighted by Crippen LogP contribution is -2.40. The molecule has 0 bridgehead atoms. The Kier molecular flexibility index (Phi) is 4.21. The van der Waals surface area contributed by atoms with E-state index in [4.69, 9.17) is 5.73 Å². The smallest absolute Gasteiger partial charge is 0.241 e. The van der Waals surface area contributed by atoms with E-state index in [0.717, 1.165) is 0 Å². The SMILES string of the molecule is CC(=O)Nc1ccc(S(=O)(=O)NC(C)(C)C)cc1N. The highest BCUT2D eigenvalue weighted by Gasteiger charge is 2.22. The Morgan fingerprint density at radius 3 is 2.26 bits per heavy atom. The van der Waals surface area contributed by atoms with E-state index in [1.165, 1.54) is 25.1 Å². The average molecular weight is 285 g/mol. The predicted molar refractivity (Wildman–Crippen MR) is 75.2 cm³/mol. The van der Waals surface area contributed by atoms with Crippen LogP contribution in [0.5, 0.6) is 0 Å². The Balaban J connectivity index is 3.10. The van der Waals surface area contributed by atoms with Gasteiger partial charge in [-0.05, 0) is 39.0 Å². The van der Waals surface area contributed by atoms with E-state index in [1.807, 2.05) is 0 Å². The van der Waals surface area contributed by atoms with Crippen molar-refractivity contribution in [3.8, 4) is 0 Å². The molecule has 1 rings (SSSR count). The van der Waals surface area contributed by atoms with Crippen molar-refractivity contribution in [2.24, 2.45) is 0 Å². The molecule has 0 aliphatic rings. The summed E-state index contributed by atoms with van der Waals surface area (Å²) in [5.74, 6) is -0.268. The molecule has 0 atom stereocenters. The molecule has 4 N–H and O–H groups in total. The number of carbonyl (C=O) groups excluding carboxylic acids is 1. The molecule has 0 unspecified atom stereocenters. The molecule has 6 nitrogen and oxygen atoms in total. The highest BCUT2D eigenvalue weighted by Crippen LogP contribution is 2.23. The fraction of sp³-hybridized carbons (Fsp3) is 0.417. The summed E-state index contributed by atoms with van der Waals surface area (Å²) in [5.41, 5.74) is 5.74. The van der Waals surface area contributed by atoms with E-state index >= 15 is 0 Å². The van der Waals surface area contributed by atoms with Gasteiger partial charge in [0.15, 0.2) is 0 Å². The van der Waals surface area contributed by atoms with Crippen LogP contribution in [-0.4, -0.2) is 19.9 Å². The van der Waals surface area contributed by atoms with E-state index in [2.05, 4.69) is 10.0 Å². The molecule has 0 aliphatic heterocycles.